The summed E-state index contributed by atoms with van der Waals surface area (Å²) in [6.07, 6.45) is 0. The molecule has 2 aromatic rings. The molecule has 0 bridgehead atoms. The Bertz CT molecular complexity index is 664. The maximum absolute atomic E-state index is 12.8. The molecule has 3 heteroatoms. The number of hydrogen-bond donors (Lipinski definition) is 0. The Morgan fingerprint density at radius 2 is 1.77 bits per heavy atom. The second kappa shape index (κ2) is 7.12. The van der Waals surface area contributed by atoms with Crippen LogP contribution in [0.5, 0.6) is 5.75 Å². The first-order valence-corrected chi connectivity index (χ1v) is 7.69. The van der Waals surface area contributed by atoms with Crippen LogP contribution in [-0.2, 0) is 0 Å². The molecule has 0 heterocycles. The van der Waals surface area contributed by atoms with Crippen LogP contribution in [0.15, 0.2) is 42.5 Å². The molecule has 0 unspecified atom stereocenters. The highest BCUT2D eigenvalue weighted by Gasteiger charge is 2.18. The van der Waals surface area contributed by atoms with Crippen molar-refractivity contribution in [2.24, 2.45) is 0 Å². The van der Waals surface area contributed by atoms with Gasteiger partial charge in [-0.3, -0.25) is 4.79 Å². The van der Waals surface area contributed by atoms with E-state index in [1.807, 2.05) is 75.1 Å². The first-order chi connectivity index (χ1) is 10.6. The van der Waals surface area contributed by atoms with Gasteiger partial charge >= 0.3 is 0 Å². The van der Waals surface area contributed by atoms with Crippen molar-refractivity contribution in [2.75, 3.05) is 18.1 Å². The van der Waals surface area contributed by atoms with E-state index >= 15 is 0 Å². The van der Waals surface area contributed by atoms with E-state index in [-0.39, 0.29) is 5.91 Å². The Hall–Kier alpha value is -2.29. The Labute approximate surface area is 132 Å². The van der Waals surface area contributed by atoms with Crippen LogP contribution in [0.4, 0.5) is 5.69 Å². The van der Waals surface area contributed by atoms with Gasteiger partial charge in [-0.1, -0.05) is 18.2 Å². The Morgan fingerprint density at radius 1 is 1.05 bits per heavy atom. The number of carbonyl (C=O) groups excluding carboxylic acids is 1. The van der Waals surface area contributed by atoms with E-state index in [0.717, 1.165) is 22.6 Å². The highest BCUT2D eigenvalue weighted by Crippen LogP contribution is 2.24. The number of anilines is 1. The molecule has 22 heavy (non-hydrogen) atoms. The van der Waals surface area contributed by atoms with Crippen LogP contribution in [0.3, 0.4) is 0 Å². The van der Waals surface area contributed by atoms with E-state index in [9.17, 15) is 4.79 Å². The zero-order chi connectivity index (χ0) is 16.1. The molecule has 0 spiro atoms. The van der Waals surface area contributed by atoms with Crippen LogP contribution in [0.2, 0.25) is 0 Å². The second-order valence-corrected chi connectivity index (χ2v) is 5.25. The van der Waals surface area contributed by atoms with Crippen molar-refractivity contribution < 1.29 is 9.53 Å². The molecule has 0 aromatic heterocycles. The molecule has 1 amide bonds. The third-order valence-corrected chi connectivity index (χ3v) is 3.69. The number of hydrogen-bond acceptors (Lipinski definition) is 2. The predicted octanol–water partition coefficient (Wildman–Crippen LogP) is 4.37. The van der Waals surface area contributed by atoms with Gasteiger partial charge in [-0.05, 0) is 63.1 Å². The van der Waals surface area contributed by atoms with E-state index < -0.39 is 0 Å². The summed E-state index contributed by atoms with van der Waals surface area (Å²) < 4.78 is 5.54. The quantitative estimate of drug-likeness (QED) is 0.820. The molecule has 0 aliphatic rings. The average Bonchev–Trinajstić information content (AvgIpc) is 2.52. The van der Waals surface area contributed by atoms with Crippen LogP contribution < -0.4 is 9.64 Å². The van der Waals surface area contributed by atoms with Crippen LogP contribution in [0, 0.1) is 13.8 Å². The minimum Gasteiger partial charge on any atom is -0.494 e. The van der Waals surface area contributed by atoms with Crippen molar-refractivity contribution in [3.05, 3.63) is 59.2 Å². The topological polar surface area (TPSA) is 29.5 Å². The lowest BCUT2D eigenvalue weighted by Gasteiger charge is -2.23. The number of rotatable bonds is 5. The van der Waals surface area contributed by atoms with Gasteiger partial charge in [-0.2, -0.15) is 0 Å². The fraction of sp³-hybridized carbons (Fsp3) is 0.316. The standard InChI is InChI=1S/C19H23NO2/c1-5-20(17-10-8-7-9-14(17)3)19(21)16-11-12-18(22-6-2)15(4)13-16/h7-13H,5-6H2,1-4H3. The molecule has 2 rings (SSSR count). The number of aryl methyl sites for hydroxylation is 2. The minimum atomic E-state index is 0.0166. The number of benzene rings is 2. The van der Waals surface area contributed by atoms with E-state index in [2.05, 4.69) is 0 Å². The normalized spacial score (nSPS) is 10.4. The van der Waals surface area contributed by atoms with E-state index in [4.69, 9.17) is 4.74 Å². The largest absolute Gasteiger partial charge is 0.494 e. The zero-order valence-electron chi connectivity index (χ0n) is 13.7. The lowest BCUT2D eigenvalue weighted by Crippen LogP contribution is -2.31. The molecule has 0 aliphatic heterocycles. The first kappa shape index (κ1) is 16.1. The lowest BCUT2D eigenvalue weighted by atomic mass is 10.1. The van der Waals surface area contributed by atoms with Crippen LogP contribution >= 0.6 is 0 Å². The molecule has 0 saturated carbocycles. The Balaban J connectivity index is 2.33. The van der Waals surface area contributed by atoms with Crippen molar-refractivity contribution >= 4 is 11.6 Å². The summed E-state index contributed by atoms with van der Waals surface area (Å²) in [5.41, 5.74) is 3.72. The van der Waals surface area contributed by atoms with Crippen molar-refractivity contribution in [1.82, 2.24) is 0 Å². The third kappa shape index (κ3) is 3.30. The minimum absolute atomic E-state index is 0.0166. The fourth-order valence-corrected chi connectivity index (χ4v) is 2.55. The summed E-state index contributed by atoms with van der Waals surface area (Å²) in [7, 11) is 0. The van der Waals surface area contributed by atoms with Gasteiger partial charge in [0.25, 0.3) is 5.91 Å². The molecule has 3 nitrogen and oxygen atoms in total. The van der Waals surface area contributed by atoms with Gasteiger partial charge in [-0.15, -0.1) is 0 Å². The number of para-hydroxylation sites is 1. The molecule has 0 radical (unpaired) electrons. The zero-order valence-corrected chi connectivity index (χ0v) is 13.7. The van der Waals surface area contributed by atoms with Crippen molar-refractivity contribution in [3.8, 4) is 5.75 Å². The van der Waals surface area contributed by atoms with Crippen molar-refractivity contribution in [1.29, 1.82) is 0 Å². The highest BCUT2D eigenvalue weighted by molar-refractivity contribution is 6.06. The fourth-order valence-electron chi connectivity index (χ4n) is 2.55. The van der Waals surface area contributed by atoms with E-state index in [1.54, 1.807) is 0 Å². The summed E-state index contributed by atoms with van der Waals surface area (Å²) in [5.74, 6) is 0.848. The van der Waals surface area contributed by atoms with Gasteiger partial charge in [0.2, 0.25) is 0 Å². The molecule has 0 N–H and O–H groups in total. The van der Waals surface area contributed by atoms with Gasteiger partial charge < -0.3 is 9.64 Å². The molecule has 0 saturated heterocycles. The van der Waals surface area contributed by atoms with Crippen LogP contribution in [-0.4, -0.2) is 19.1 Å². The van der Waals surface area contributed by atoms with Crippen LogP contribution in [0.1, 0.15) is 35.3 Å². The summed E-state index contributed by atoms with van der Waals surface area (Å²) in [4.78, 5) is 14.6. The number of carbonyl (C=O) groups is 1. The lowest BCUT2D eigenvalue weighted by molar-refractivity contribution is 0.0988. The summed E-state index contributed by atoms with van der Waals surface area (Å²) in [6.45, 7) is 9.19. The second-order valence-electron chi connectivity index (χ2n) is 5.25. The maximum Gasteiger partial charge on any atom is 0.258 e. The molecule has 0 aliphatic carbocycles. The van der Waals surface area contributed by atoms with Gasteiger partial charge in [0.05, 0.1) is 6.61 Å². The van der Waals surface area contributed by atoms with E-state index in [1.165, 1.54) is 0 Å². The first-order valence-electron chi connectivity index (χ1n) is 7.69. The maximum atomic E-state index is 12.8. The van der Waals surface area contributed by atoms with Gasteiger partial charge in [0, 0.05) is 17.8 Å². The summed E-state index contributed by atoms with van der Waals surface area (Å²) >= 11 is 0. The Morgan fingerprint density at radius 3 is 2.36 bits per heavy atom. The Kier molecular flexibility index (Phi) is 5.21. The van der Waals surface area contributed by atoms with E-state index in [0.29, 0.717) is 18.7 Å². The number of ether oxygens (including phenoxy) is 1. The highest BCUT2D eigenvalue weighted by atomic mass is 16.5. The van der Waals surface area contributed by atoms with Crippen LogP contribution in [0.25, 0.3) is 0 Å². The molecule has 0 fully saturated rings. The predicted molar refractivity (Wildman–Crippen MR) is 90.9 cm³/mol. The summed E-state index contributed by atoms with van der Waals surface area (Å²) in [6, 6.07) is 13.6. The number of amides is 1. The summed E-state index contributed by atoms with van der Waals surface area (Å²) in [5, 5.41) is 0. The SMILES string of the molecule is CCOc1ccc(C(=O)N(CC)c2ccccc2C)cc1C. The molecular weight excluding hydrogens is 274 g/mol. The molecule has 0 atom stereocenters. The van der Waals surface area contributed by atoms with Gasteiger partial charge in [-0.25, -0.2) is 0 Å². The molecule has 2 aromatic carbocycles. The smallest absolute Gasteiger partial charge is 0.258 e. The monoisotopic (exact) mass is 297 g/mol. The molecule has 116 valence electrons. The molecular formula is C19H23NO2. The number of nitrogens with zero attached hydrogens (tertiary/aromatic N) is 1. The van der Waals surface area contributed by atoms with Gasteiger partial charge in [0.15, 0.2) is 0 Å². The van der Waals surface area contributed by atoms with Crippen molar-refractivity contribution in [2.45, 2.75) is 27.7 Å². The third-order valence-electron chi connectivity index (χ3n) is 3.69. The average molecular weight is 297 g/mol. The van der Waals surface area contributed by atoms with Gasteiger partial charge in [0.1, 0.15) is 5.75 Å². The van der Waals surface area contributed by atoms with Crippen molar-refractivity contribution in [3.63, 3.8) is 0 Å².